The topological polar surface area (TPSA) is 83.1 Å². The van der Waals surface area contributed by atoms with Crippen LogP contribution in [0.1, 0.15) is 44.6 Å². The highest BCUT2D eigenvalue weighted by atomic mass is 16.5. The molecule has 8 heteroatoms. The van der Waals surface area contributed by atoms with Crippen molar-refractivity contribution >= 4 is 11.9 Å². The van der Waals surface area contributed by atoms with Crippen LogP contribution >= 0.6 is 0 Å². The van der Waals surface area contributed by atoms with Crippen molar-refractivity contribution in [2.45, 2.75) is 57.7 Å². The molecule has 31 heavy (non-hydrogen) atoms. The molecule has 1 heterocycles. The van der Waals surface area contributed by atoms with Gasteiger partial charge in [-0.2, -0.15) is 0 Å². The number of urea groups is 1. The Morgan fingerprint density at radius 2 is 1.71 bits per heavy atom. The first kappa shape index (κ1) is 23.3. The lowest BCUT2D eigenvalue weighted by molar-refractivity contribution is -0.125. The number of hydrogen-bond acceptors (Lipinski definition) is 6. The maximum atomic E-state index is 12.5. The number of hydrogen-bond donors (Lipinski definition) is 2. The quantitative estimate of drug-likeness (QED) is 0.688. The number of ether oxygens (including phenoxy) is 2. The number of carbonyl (C=O) groups excluding carboxylic acids is 2. The summed E-state index contributed by atoms with van der Waals surface area (Å²) in [6.07, 6.45) is 5.51. The normalized spacial score (nSPS) is 19.5. The van der Waals surface area contributed by atoms with Gasteiger partial charge in [-0.1, -0.05) is 25.3 Å². The average Bonchev–Trinajstić information content (AvgIpc) is 2.79. The molecule has 1 saturated heterocycles. The largest absolute Gasteiger partial charge is 0.493 e. The molecule has 0 radical (unpaired) electrons. The molecule has 0 aromatic heterocycles. The summed E-state index contributed by atoms with van der Waals surface area (Å²) >= 11 is 0. The standard InChI is InChI=1S/C23H36N4O4/c1-17(22(28)25-23(29)24-19-7-5-4-6-8-19)27-13-11-26(12-14-27)16-18-9-10-20(30-2)21(15-18)31-3/h9-10,15,17,19H,4-8,11-14,16H2,1-3H3,(H2,24,25,28,29)/t17-/m0/s1. The Morgan fingerprint density at radius 1 is 1.03 bits per heavy atom. The Balaban J connectivity index is 1.43. The van der Waals surface area contributed by atoms with Crippen molar-refractivity contribution < 1.29 is 19.1 Å². The van der Waals surface area contributed by atoms with Gasteiger partial charge in [-0.3, -0.25) is 19.9 Å². The lowest BCUT2D eigenvalue weighted by Gasteiger charge is -2.37. The predicted octanol–water partition coefficient (Wildman–Crippen LogP) is 2.37. The fraction of sp³-hybridized carbons (Fsp3) is 0.652. The minimum atomic E-state index is -0.365. The number of nitrogens with zero attached hydrogens (tertiary/aromatic N) is 2. The Kier molecular flexibility index (Phi) is 8.54. The molecular weight excluding hydrogens is 396 g/mol. The van der Waals surface area contributed by atoms with E-state index in [2.05, 4.69) is 26.5 Å². The highest BCUT2D eigenvalue weighted by Crippen LogP contribution is 2.28. The zero-order valence-electron chi connectivity index (χ0n) is 19.0. The zero-order chi connectivity index (χ0) is 22.2. The minimum absolute atomic E-state index is 0.192. The van der Waals surface area contributed by atoms with Crippen LogP contribution in [0.2, 0.25) is 0 Å². The van der Waals surface area contributed by atoms with Gasteiger partial charge in [0.05, 0.1) is 20.3 Å². The van der Waals surface area contributed by atoms with E-state index in [9.17, 15) is 9.59 Å². The number of imide groups is 1. The smallest absolute Gasteiger partial charge is 0.321 e. The Labute approximate surface area is 185 Å². The van der Waals surface area contributed by atoms with Crippen molar-refractivity contribution in [3.8, 4) is 11.5 Å². The lowest BCUT2D eigenvalue weighted by atomic mass is 9.96. The molecule has 1 aromatic carbocycles. The second-order valence-corrected chi connectivity index (χ2v) is 8.48. The molecule has 3 amide bonds. The van der Waals surface area contributed by atoms with E-state index < -0.39 is 0 Å². The number of carbonyl (C=O) groups is 2. The van der Waals surface area contributed by atoms with E-state index in [0.29, 0.717) is 0 Å². The highest BCUT2D eigenvalue weighted by Gasteiger charge is 2.27. The second kappa shape index (κ2) is 11.3. The van der Waals surface area contributed by atoms with Gasteiger partial charge in [0, 0.05) is 38.8 Å². The molecule has 8 nitrogen and oxygen atoms in total. The maximum absolute atomic E-state index is 12.5. The van der Waals surface area contributed by atoms with Crippen LogP contribution in [0, 0.1) is 0 Å². The summed E-state index contributed by atoms with van der Waals surface area (Å²) in [6, 6.07) is 5.48. The molecule has 172 valence electrons. The predicted molar refractivity (Wildman–Crippen MR) is 119 cm³/mol. The van der Waals surface area contributed by atoms with Crippen LogP contribution in [0.25, 0.3) is 0 Å². The van der Waals surface area contributed by atoms with Crippen molar-refractivity contribution in [2.75, 3.05) is 40.4 Å². The fourth-order valence-electron chi connectivity index (χ4n) is 4.40. The SMILES string of the molecule is COc1ccc(CN2CCN([C@@H](C)C(=O)NC(=O)NC3CCCCC3)CC2)cc1OC. The van der Waals surface area contributed by atoms with E-state index in [0.717, 1.165) is 75.5 Å². The van der Waals surface area contributed by atoms with Crippen molar-refractivity contribution in [2.24, 2.45) is 0 Å². The average molecular weight is 433 g/mol. The minimum Gasteiger partial charge on any atom is -0.493 e. The van der Waals surface area contributed by atoms with Gasteiger partial charge in [0.2, 0.25) is 5.91 Å². The van der Waals surface area contributed by atoms with Gasteiger partial charge in [0.15, 0.2) is 11.5 Å². The van der Waals surface area contributed by atoms with Crippen LogP contribution in [0.5, 0.6) is 11.5 Å². The number of benzene rings is 1. The van der Waals surface area contributed by atoms with Gasteiger partial charge in [-0.25, -0.2) is 4.79 Å². The number of methoxy groups -OCH3 is 2. The lowest BCUT2D eigenvalue weighted by Crippen LogP contribution is -2.55. The van der Waals surface area contributed by atoms with E-state index >= 15 is 0 Å². The van der Waals surface area contributed by atoms with Crippen LogP contribution in [0.15, 0.2) is 18.2 Å². The molecule has 1 aliphatic carbocycles. The van der Waals surface area contributed by atoms with Crippen LogP contribution in [0.3, 0.4) is 0 Å². The van der Waals surface area contributed by atoms with Gasteiger partial charge < -0.3 is 14.8 Å². The third-order valence-electron chi connectivity index (χ3n) is 6.37. The summed E-state index contributed by atoms with van der Waals surface area (Å²) in [7, 11) is 3.27. The number of amides is 3. The van der Waals surface area contributed by atoms with Gasteiger partial charge in [0.25, 0.3) is 0 Å². The van der Waals surface area contributed by atoms with E-state index in [1.807, 2.05) is 19.1 Å². The van der Waals surface area contributed by atoms with Crippen LogP contribution in [0.4, 0.5) is 4.79 Å². The maximum Gasteiger partial charge on any atom is 0.321 e. The molecule has 2 N–H and O–H groups in total. The van der Waals surface area contributed by atoms with Gasteiger partial charge >= 0.3 is 6.03 Å². The molecular formula is C23H36N4O4. The van der Waals surface area contributed by atoms with E-state index in [1.165, 1.54) is 6.42 Å². The number of rotatable bonds is 7. The van der Waals surface area contributed by atoms with Crippen molar-refractivity contribution in [3.05, 3.63) is 23.8 Å². The number of nitrogens with one attached hydrogen (secondary N) is 2. The fourth-order valence-corrected chi connectivity index (χ4v) is 4.40. The monoisotopic (exact) mass is 432 g/mol. The Hall–Kier alpha value is -2.32. The summed E-state index contributed by atoms with van der Waals surface area (Å²) in [5.74, 6) is 1.22. The molecule has 1 aromatic rings. The van der Waals surface area contributed by atoms with Crippen molar-refractivity contribution in [1.82, 2.24) is 20.4 Å². The summed E-state index contributed by atoms with van der Waals surface area (Å²) in [6.45, 7) is 5.98. The third-order valence-corrected chi connectivity index (χ3v) is 6.37. The molecule has 0 spiro atoms. The highest BCUT2D eigenvalue weighted by molar-refractivity contribution is 5.96. The second-order valence-electron chi connectivity index (χ2n) is 8.48. The first-order valence-corrected chi connectivity index (χ1v) is 11.3. The van der Waals surface area contributed by atoms with Crippen molar-refractivity contribution in [3.63, 3.8) is 0 Å². The zero-order valence-corrected chi connectivity index (χ0v) is 19.0. The molecule has 1 aliphatic heterocycles. The summed E-state index contributed by atoms with van der Waals surface area (Å²) < 4.78 is 10.7. The summed E-state index contributed by atoms with van der Waals surface area (Å²) in [4.78, 5) is 29.2. The molecule has 0 unspecified atom stereocenters. The van der Waals surface area contributed by atoms with E-state index in [1.54, 1.807) is 14.2 Å². The first-order valence-electron chi connectivity index (χ1n) is 11.3. The van der Waals surface area contributed by atoms with Gasteiger partial charge in [0.1, 0.15) is 0 Å². The van der Waals surface area contributed by atoms with E-state index in [-0.39, 0.29) is 24.0 Å². The molecule has 1 saturated carbocycles. The molecule has 2 aliphatic rings. The van der Waals surface area contributed by atoms with Crippen LogP contribution in [-0.4, -0.2) is 74.2 Å². The Morgan fingerprint density at radius 3 is 2.35 bits per heavy atom. The van der Waals surface area contributed by atoms with Crippen molar-refractivity contribution in [1.29, 1.82) is 0 Å². The molecule has 0 bridgehead atoms. The summed E-state index contributed by atoms with van der Waals surface area (Å²) in [5.41, 5.74) is 1.16. The van der Waals surface area contributed by atoms with Crippen LogP contribution < -0.4 is 20.1 Å². The Bertz CT molecular complexity index is 743. The third kappa shape index (κ3) is 6.58. The van der Waals surface area contributed by atoms with Gasteiger partial charge in [-0.15, -0.1) is 0 Å². The molecule has 2 fully saturated rings. The van der Waals surface area contributed by atoms with E-state index in [4.69, 9.17) is 9.47 Å². The number of piperazine rings is 1. The van der Waals surface area contributed by atoms with Gasteiger partial charge in [-0.05, 0) is 37.5 Å². The molecule has 3 rings (SSSR count). The molecule has 1 atom stereocenters. The first-order chi connectivity index (χ1) is 15.0. The summed E-state index contributed by atoms with van der Waals surface area (Å²) in [5, 5.41) is 5.47. The van der Waals surface area contributed by atoms with Crippen LogP contribution in [-0.2, 0) is 11.3 Å².